The van der Waals surface area contributed by atoms with Crippen LogP contribution < -0.4 is 24.5 Å². The van der Waals surface area contributed by atoms with Crippen LogP contribution in [0.1, 0.15) is 23.5 Å². The van der Waals surface area contributed by atoms with Gasteiger partial charge in [-0.1, -0.05) is 0 Å². The number of nitrogens with one attached hydrogen (secondary N) is 1. The van der Waals surface area contributed by atoms with E-state index in [4.69, 9.17) is 18.9 Å². The van der Waals surface area contributed by atoms with Crippen LogP contribution in [0.3, 0.4) is 0 Å². The number of benzene rings is 2. The number of hydrogen-bond acceptors (Lipinski definition) is 6. The topological polar surface area (TPSA) is 86.8 Å². The maximum atomic E-state index is 12.8. The van der Waals surface area contributed by atoms with E-state index in [1.807, 2.05) is 18.2 Å². The fraction of sp³-hybridized carbons (Fsp3) is 0.200. The van der Waals surface area contributed by atoms with E-state index in [0.717, 1.165) is 10.9 Å². The van der Waals surface area contributed by atoms with Gasteiger partial charge in [0, 0.05) is 29.2 Å². The first-order valence-electron chi connectivity index (χ1n) is 8.47. The minimum Gasteiger partial charge on any atom is -0.497 e. The van der Waals surface area contributed by atoms with Crippen LogP contribution in [0.5, 0.6) is 23.0 Å². The molecule has 0 amide bonds. The molecule has 136 valence electrons. The summed E-state index contributed by atoms with van der Waals surface area (Å²) in [6, 6.07) is 10.7. The third-order valence-electron chi connectivity index (χ3n) is 4.93. The maximum absolute atomic E-state index is 12.8. The van der Waals surface area contributed by atoms with Crippen LogP contribution in [0.25, 0.3) is 10.9 Å². The van der Waals surface area contributed by atoms with Gasteiger partial charge in [0.15, 0.2) is 11.5 Å². The minimum absolute atomic E-state index is 0.0807. The Bertz CT molecular complexity index is 1150. The molecule has 5 rings (SSSR count). The van der Waals surface area contributed by atoms with Gasteiger partial charge < -0.3 is 23.9 Å². The van der Waals surface area contributed by atoms with Crippen molar-refractivity contribution in [3.8, 4) is 23.0 Å². The van der Waals surface area contributed by atoms with Gasteiger partial charge in [0.25, 0.3) is 5.56 Å². The van der Waals surface area contributed by atoms with E-state index in [9.17, 15) is 9.59 Å². The summed E-state index contributed by atoms with van der Waals surface area (Å²) >= 11 is 0. The second-order valence-electron chi connectivity index (χ2n) is 6.48. The monoisotopic (exact) mass is 365 g/mol. The molecular weight excluding hydrogens is 350 g/mol. The Kier molecular flexibility index (Phi) is 3.36. The third-order valence-corrected chi connectivity index (χ3v) is 4.93. The van der Waals surface area contributed by atoms with E-state index >= 15 is 0 Å². The average Bonchev–Trinajstić information content (AvgIpc) is 3.12. The zero-order valence-corrected chi connectivity index (χ0v) is 14.4. The van der Waals surface area contributed by atoms with Crippen molar-refractivity contribution in [2.75, 3.05) is 13.9 Å². The number of ether oxygens (including phenoxy) is 4. The highest BCUT2D eigenvalue weighted by Crippen LogP contribution is 2.45. The van der Waals surface area contributed by atoms with Crippen molar-refractivity contribution >= 4 is 16.9 Å². The lowest BCUT2D eigenvalue weighted by atomic mass is 9.86. The van der Waals surface area contributed by atoms with Crippen molar-refractivity contribution in [1.82, 2.24) is 4.98 Å². The highest BCUT2D eigenvalue weighted by Gasteiger charge is 2.33. The summed E-state index contributed by atoms with van der Waals surface area (Å²) < 4.78 is 21.4. The van der Waals surface area contributed by atoms with Gasteiger partial charge in [-0.3, -0.25) is 9.59 Å². The number of carbonyl (C=O) groups is 1. The van der Waals surface area contributed by atoms with Gasteiger partial charge in [0.2, 0.25) is 6.79 Å². The molecule has 1 atom stereocenters. The van der Waals surface area contributed by atoms with Crippen LogP contribution in [0.15, 0.2) is 41.2 Å². The number of methoxy groups -OCH3 is 1. The Balaban J connectivity index is 1.68. The first-order valence-corrected chi connectivity index (χ1v) is 8.47. The number of rotatable bonds is 2. The molecule has 3 heterocycles. The van der Waals surface area contributed by atoms with Crippen molar-refractivity contribution in [3.63, 3.8) is 0 Å². The highest BCUT2D eigenvalue weighted by atomic mass is 16.7. The van der Waals surface area contributed by atoms with Crippen LogP contribution >= 0.6 is 0 Å². The number of esters is 1. The van der Waals surface area contributed by atoms with E-state index in [1.54, 1.807) is 25.3 Å². The molecule has 1 aromatic heterocycles. The summed E-state index contributed by atoms with van der Waals surface area (Å²) in [5.41, 5.74) is 1.66. The first kappa shape index (κ1) is 15.7. The molecule has 7 nitrogen and oxygen atoms in total. The summed E-state index contributed by atoms with van der Waals surface area (Å²) in [7, 11) is 1.57. The summed E-state index contributed by atoms with van der Waals surface area (Å²) in [6.45, 7) is 0.120. The Morgan fingerprint density at radius 3 is 2.63 bits per heavy atom. The number of fused-ring (bicyclic) bond motifs is 3. The molecule has 2 aliphatic heterocycles. The number of pyridine rings is 1. The molecule has 27 heavy (non-hydrogen) atoms. The maximum Gasteiger partial charge on any atom is 0.312 e. The second-order valence-corrected chi connectivity index (χ2v) is 6.48. The zero-order valence-electron chi connectivity index (χ0n) is 14.4. The molecule has 3 aromatic rings. The number of aromatic nitrogens is 1. The molecule has 0 aliphatic carbocycles. The fourth-order valence-corrected chi connectivity index (χ4v) is 3.60. The average molecular weight is 365 g/mol. The van der Waals surface area contributed by atoms with E-state index in [0.29, 0.717) is 34.1 Å². The van der Waals surface area contributed by atoms with Crippen molar-refractivity contribution in [2.24, 2.45) is 0 Å². The lowest BCUT2D eigenvalue weighted by Gasteiger charge is -2.24. The van der Waals surface area contributed by atoms with Crippen molar-refractivity contribution in [2.45, 2.75) is 12.3 Å². The normalized spacial score (nSPS) is 17.5. The van der Waals surface area contributed by atoms with Gasteiger partial charge in [0.05, 0.1) is 19.0 Å². The molecule has 0 saturated carbocycles. The lowest BCUT2D eigenvalue weighted by Crippen LogP contribution is -2.25. The van der Waals surface area contributed by atoms with Crippen LogP contribution in [0.4, 0.5) is 0 Å². The van der Waals surface area contributed by atoms with Gasteiger partial charge in [-0.2, -0.15) is 0 Å². The molecule has 2 aliphatic rings. The van der Waals surface area contributed by atoms with Crippen LogP contribution in [-0.2, 0) is 4.79 Å². The molecule has 0 saturated heterocycles. The summed E-state index contributed by atoms with van der Waals surface area (Å²) in [5.74, 6) is 1.35. The van der Waals surface area contributed by atoms with Crippen molar-refractivity contribution < 1.29 is 23.7 Å². The molecule has 1 N–H and O–H groups in total. The van der Waals surface area contributed by atoms with E-state index in [2.05, 4.69) is 4.98 Å². The Morgan fingerprint density at radius 1 is 1.00 bits per heavy atom. The fourth-order valence-electron chi connectivity index (χ4n) is 3.60. The smallest absolute Gasteiger partial charge is 0.312 e. The minimum atomic E-state index is -0.425. The standard InChI is InChI=1S/C20H15NO6/c1-24-11-3-2-10-4-14(20(23)21-15(10)5-11)12-7-19(22)27-16-8-18-17(6-13(12)16)25-9-26-18/h2-6,8,12H,7,9H2,1H3,(H,21,23)/t12-/m1/s1. The molecule has 7 heteroatoms. The highest BCUT2D eigenvalue weighted by molar-refractivity contribution is 5.82. The Hall–Kier alpha value is -3.48. The number of carbonyl (C=O) groups excluding carboxylic acids is 1. The Morgan fingerprint density at radius 2 is 1.81 bits per heavy atom. The van der Waals surface area contributed by atoms with E-state index in [-0.39, 0.29) is 24.7 Å². The van der Waals surface area contributed by atoms with E-state index in [1.165, 1.54) is 0 Å². The first-order chi connectivity index (χ1) is 13.1. The molecule has 0 fully saturated rings. The molecule has 2 aromatic carbocycles. The Labute approximate surface area is 153 Å². The molecule has 0 unspecified atom stereocenters. The number of hydrogen-bond donors (Lipinski definition) is 1. The summed E-state index contributed by atoms with van der Waals surface area (Å²) in [5, 5.41) is 0.853. The zero-order chi connectivity index (χ0) is 18.5. The largest absolute Gasteiger partial charge is 0.497 e. The molecule has 0 spiro atoms. The van der Waals surface area contributed by atoms with Gasteiger partial charge >= 0.3 is 5.97 Å². The van der Waals surface area contributed by atoms with Crippen LogP contribution in [0.2, 0.25) is 0 Å². The van der Waals surface area contributed by atoms with Gasteiger partial charge in [-0.25, -0.2) is 0 Å². The quantitative estimate of drug-likeness (QED) is 0.555. The van der Waals surface area contributed by atoms with Crippen LogP contribution in [-0.4, -0.2) is 24.9 Å². The van der Waals surface area contributed by atoms with Gasteiger partial charge in [0.1, 0.15) is 11.5 Å². The predicted molar refractivity (Wildman–Crippen MR) is 95.8 cm³/mol. The molecule has 0 bridgehead atoms. The third kappa shape index (κ3) is 2.51. The molecule has 0 radical (unpaired) electrons. The van der Waals surface area contributed by atoms with Crippen LogP contribution in [0, 0.1) is 0 Å². The van der Waals surface area contributed by atoms with Gasteiger partial charge in [-0.15, -0.1) is 0 Å². The number of H-pyrrole nitrogens is 1. The summed E-state index contributed by atoms with van der Waals surface area (Å²) in [6.07, 6.45) is 0.0807. The SMILES string of the molecule is COc1ccc2cc([C@@H]3CC(=O)Oc4cc5c(cc43)OCO5)c(=O)[nH]c2c1. The number of aromatic amines is 1. The van der Waals surface area contributed by atoms with E-state index < -0.39 is 5.92 Å². The predicted octanol–water partition coefficient (Wildman–Crippen LogP) is 2.71. The lowest BCUT2D eigenvalue weighted by molar-refractivity contribution is -0.135. The van der Waals surface area contributed by atoms with Gasteiger partial charge in [-0.05, 0) is 29.7 Å². The van der Waals surface area contributed by atoms with Crippen molar-refractivity contribution in [1.29, 1.82) is 0 Å². The van der Waals surface area contributed by atoms with Crippen molar-refractivity contribution in [3.05, 3.63) is 57.9 Å². The second kappa shape index (κ2) is 5.77. The summed E-state index contributed by atoms with van der Waals surface area (Å²) in [4.78, 5) is 27.8. The molecular formula is C20H15NO6.